The Morgan fingerprint density at radius 2 is 2.35 bits per heavy atom. The van der Waals surface area contributed by atoms with Gasteiger partial charge >= 0.3 is 0 Å². The van der Waals surface area contributed by atoms with Gasteiger partial charge in [-0.15, -0.1) is 0 Å². The number of ether oxygens (including phenoxy) is 1. The molecule has 6 nitrogen and oxygen atoms in total. The number of rotatable bonds is 5. The van der Waals surface area contributed by atoms with Crippen molar-refractivity contribution in [2.45, 2.75) is 19.9 Å². The van der Waals surface area contributed by atoms with Crippen molar-refractivity contribution >= 4 is 11.4 Å². The molecule has 1 saturated heterocycles. The van der Waals surface area contributed by atoms with Gasteiger partial charge in [0.2, 0.25) is 0 Å². The maximum absolute atomic E-state index is 11.1. The molecule has 1 aromatic rings. The first-order chi connectivity index (χ1) is 9.61. The molecule has 1 atom stereocenters. The van der Waals surface area contributed by atoms with Gasteiger partial charge in [-0.3, -0.25) is 15.0 Å². The molecule has 1 fully saturated rings. The molecule has 0 bridgehead atoms. The number of likely N-dealkylation sites (N-methyl/N-ethyl adjacent to an activating group) is 1. The summed E-state index contributed by atoms with van der Waals surface area (Å²) in [4.78, 5) is 13.1. The van der Waals surface area contributed by atoms with Crippen molar-refractivity contribution in [1.29, 1.82) is 0 Å². The second-order valence-corrected chi connectivity index (χ2v) is 5.02. The highest BCUT2D eigenvalue weighted by atomic mass is 16.6. The lowest BCUT2D eigenvalue weighted by Crippen LogP contribution is -2.48. The third kappa shape index (κ3) is 3.46. The van der Waals surface area contributed by atoms with Crippen molar-refractivity contribution in [3.8, 4) is 0 Å². The van der Waals surface area contributed by atoms with Crippen LogP contribution < -0.4 is 5.32 Å². The molecule has 0 unspecified atom stereocenters. The maximum Gasteiger partial charge on any atom is 0.292 e. The van der Waals surface area contributed by atoms with Gasteiger partial charge < -0.3 is 10.1 Å². The topological polar surface area (TPSA) is 67.6 Å². The van der Waals surface area contributed by atoms with E-state index in [1.807, 2.05) is 13.0 Å². The van der Waals surface area contributed by atoms with Crippen LogP contribution in [0.5, 0.6) is 0 Å². The van der Waals surface area contributed by atoms with Crippen LogP contribution in [0, 0.1) is 17.0 Å². The molecule has 1 heterocycles. The van der Waals surface area contributed by atoms with Gasteiger partial charge in [-0.2, -0.15) is 0 Å². The summed E-state index contributed by atoms with van der Waals surface area (Å²) < 4.78 is 5.48. The Labute approximate surface area is 118 Å². The highest BCUT2D eigenvalue weighted by Gasteiger charge is 2.22. The van der Waals surface area contributed by atoms with Crippen molar-refractivity contribution in [3.63, 3.8) is 0 Å². The van der Waals surface area contributed by atoms with Crippen LogP contribution in [0.1, 0.15) is 12.5 Å². The maximum atomic E-state index is 11.1. The lowest BCUT2D eigenvalue weighted by atomic mass is 10.1. The third-order valence-electron chi connectivity index (χ3n) is 3.63. The number of nitro benzene ring substituents is 1. The highest BCUT2D eigenvalue weighted by molar-refractivity contribution is 5.62. The summed E-state index contributed by atoms with van der Waals surface area (Å²) in [5.74, 6) is 0. The fourth-order valence-electron chi connectivity index (χ4n) is 2.46. The van der Waals surface area contributed by atoms with Crippen molar-refractivity contribution < 1.29 is 9.66 Å². The van der Waals surface area contributed by atoms with Gasteiger partial charge in [-0.1, -0.05) is 13.0 Å². The molecule has 1 aliphatic rings. The predicted octanol–water partition coefficient (Wildman–Crippen LogP) is 2.04. The zero-order chi connectivity index (χ0) is 14.5. The SMILES string of the molecule is CCN1CCOC[C@H]1CNc1ccc(C)cc1[N+](=O)[O-]. The molecule has 2 rings (SSSR count). The third-order valence-corrected chi connectivity index (χ3v) is 3.63. The molecular weight excluding hydrogens is 258 g/mol. The van der Waals surface area contributed by atoms with E-state index >= 15 is 0 Å². The first kappa shape index (κ1) is 14.7. The normalized spacial score (nSPS) is 19.8. The van der Waals surface area contributed by atoms with Gasteiger partial charge in [0.1, 0.15) is 5.69 Å². The van der Waals surface area contributed by atoms with Crippen LogP contribution >= 0.6 is 0 Å². The van der Waals surface area contributed by atoms with Crippen LogP contribution in [0.2, 0.25) is 0 Å². The van der Waals surface area contributed by atoms with Crippen LogP contribution in [-0.2, 0) is 4.74 Å². The van der Waals surface area contributed by atoms with Crippen LogP contribution in [0.3, 0.4) is 0 Å². The van der Waals surface area contributed by atoms with Crippen molar-refractivity contribution in [1.82, 2.24) is 4.90 Å². The minimum Gasteiger partial charge on any atom is -0.378 e. The summed E-state index contributed by atoms with van der Waals surface area (Å²) in [6.45, 7) is 7.93. The van der Waals surface area contributed by atoms with Crippen LogP contribution in [-0.4, -0.2) is 48.7 Å². The molecular formula is C14H21N3O3. The Morgan fingerprint density at radius 3 is 3.05 bits per heavy atom. The van der Waals surface area contributed by atoms with Crippen molar-refractivity contribution in [2.75, 3.05) is 38.2 Å². The summed E-state index contributed by atoms with van der Waals surface area (Å²) in [5, 5.41) is 14.3. The molecule has 0 amide bonds. The number of nitrogens with zero attached hydrogens (tertiary/aromatic N) is 2. The van der Waals surface area contributed by atoms with E-state index in [2.05, 4.69) is 17.1 Å². The summed E-state index contributed by atoms with van der Waals surface area (Å²) >= 11 is 0. The number of nitro groups is 1. The van der Waals surface area contributed by atoms with E-state index in [0.717, 1.165) is 25.3 Å². The van der Waals surface area contributed by atoms with Gasteiger partial charge in [0.05, 0.1) is 24.2 Å². The quantitative estimate of drug-likeness (QED) is 0.660. The van der Waals surface area contributed by atoms with Crippen molar-refractivity contribution in [3.05, 3.63) is 33.9 Å². The van der Waals surface area contributed by atoms with E-state index < -0.39 is 0 Å². The molecule has 0 aromatic heterocycles. The monoisotopic (exact) mass is 279 g/mol. The lowest BCUT2D eigenvalue weighted by Gasteiger charge is -2.34. The number of hydrogen-bond acceptors (Lipinski definition) is 5. The van der Waals surface area contributed by atoms with Crippen LogP contribution in [0.15, 0.2) is 18.2 Å². The minimum absolute atomic E-state index is 0.129. The standard InChI is InChI=1S/C14H21N3O3/c1-3-16-6-7-20-10-12(16)9-15-13-5-4-11(2)8-14(13)17(18)19/h4-5,8,12,15H,3,6-7,9-10H2,1-2H3/t12-/m1/s1. The van der Waals surface area contributed by atoms with E-state index in [1.165, 1.54) is 0 Å². The smallest absolute Gasteiger partial charge is 0.292 e. The van der Waals surface area contributed by atoms with E-state index in [9.17, 15) is 10.1 Å². The number of anilines is 1. The van der Waals surface area contributed by atoms with E-state index in [1.54, 1.807) is 12.1 Å². The summed E-state index contributed by atoms with van der Waals surface area (Å²) in [5.41, 5.74) is 1.59. The largest absolute Gasteiger partial charge is 0.378 e. The molecule has 1 aromatic carbocycles. The molecule has 1 aliphatic heterocycles. The van der Waals surface area contributed by atoms with Gasteiger partial charge in [0.15, 0.2) is 0 Å². The summed E-state index contributed by atoms with van der Waals surface area (Å²) in [6, 6.07) is 5.50. The molecule has 20 heavy (non-hydrogen) atoms. The first-order valence-electron chi connectivity index (χ1n) is 6.92. The first-order valence-corrected chi connectivity index (χ1v) is 6.92. The van der Waals surface area contributed by atoms with Crippen molar-refractivity contribution in [2.24, 2.45) is 0 Å². The fraction of sp³-hybridized carbons (Fsp3) is 0.571. The number of nitrogens with one attached hydrogen (secondary N) is 1. The molecule has 1 N–H and O–H groups in total. The zero-order valence-electron chi connectivity index (χ0n) is 12.0. The second-order valence-electron chi connectivity index (χ2n) is 5.02. The second kappa shape index (κ2) is 6.67. The Hall–Kier alpha value is -1.66. The summed E-state index contributed by atoms with van der Waals surface area (Å²) in [7, 11) is 0. The van der Waals surface area contributed by atoms with E-state index in [0.29, 0.717) is 18.8 Å². The van der Waals surface area contributed by atoms with Gasteiger partial charge in [0.25, 0.3) is 5.69 Å². The summed E-state index contributed by atoms with van der Waals surface area (Å²) in [6.07, 6.45) is 0. The molecule has 0 spiro atoms. The van der Waals surface area contributed by atoms with Crippen LogP contribution in [0.25, 0.3) is 0 Å². The molecule has 0 saturated carbocycles. The van der Waals surface area contributed by atoms with Gasteiger partial charge in [-0.05, 0) is 25.1 Å². The number of benzene rings is 1. The Kier molecular flexibility index (Phi) is 4.92. The Balaban J connectivity index is 2.04. The fourth-order valence-corrected chi connectivity index (χ4v) is 2.46. The van der Waals surface area contributed by atoms with Gasteiger partial charge in [-0.25, -0.2) is 0 Å². The predicted molar refractivity (Wildman–Crippen MR) is 78.2 cm³/mol. The zero-order valence-corrected chi connectivity index (χ0v) is 12.0. The van der Waals surface area contributed by atoms with Crippen LogP contribution in [0.4, 0.5) is 11.4 Å². The average Bonchev–Trinajstić information content (AvgIpc) is 2.46. The highest BCUT2D eigenvalue weighted by Crippen LogP contribution is 2.25. The molecule has 0 aliphatic carbocycles. The Morgan fingerprint density at radius 1 is 1.55 bits per heavy atom. The number of aryl methyl sites for hydroxylation is 1. The molecule has 110 valence electrons. The molecule has 6 heteroatoms. The van der Waals surface area contributed by atoms with Gasteiger partial charge in [0, 0.05) is 19.2 Å². The molecule has 0 radical (unpaired) electrons. The minimum atomic E-state index is -0.343. The number of morpholine rings is 1. The number of hydrogen-bond donors (Lipinski definition) is 1. The Bertz CT molecular complexity index is 479. The van der Waals surface area contributed by atoms with E-state index in [4.69, 9.17) is 4.74 Å². The van der Waals surface area contributed by atoms with E-state index in [-0.39, 0.29) is 16.7 Å². The lowest BCUT2D eigenvalue weighted by molar-refractivity contribution is -0.384. The average molecular weight is 279 g/mol.